The summed E-state index contributed by atoms with van der Waals surface area (Å²) in [5.74, 6) is -0.432. The lowest BCUT2D eigenvalue weighted by Gasteiger charge is -2.01. The number of amides is 1. The molecule has 21 heavy (non-hydrogen) atoms. The first-order valence-corrected chi connectivity index (χ1v) is 6.28. The van der Waals surface area contributed by atoms with E-state index in [0.29, 0.717) is 16.1 Å². The second-order valence-corrected chi connectivity index (χ2v) is 4.43. The molecule has 0 aliphatic carbocycles. The van der Waals surface area contributed by atoms with E-state index < -0.39 is 10.8 Å². The quantitative estimate of drug-likeness (QED) is 0.535. The van der Waals surface area contributed by atoms with E-state index in [4.69, 9.17) is 11.6 Å². The molecule has 106 valence electrons. The smallest absolute Gasteiger partial charge is 0.267 e. The van der Waals surface area contributed by atoms with Crippen molar-refractivity contribution in [2.24, 2.45) is 5.10 Å². The Balaban J connectivity index is 2.01. The normalized spacial score (nSPS) is 10.5. The molecule has 0 saturated heterocycles. The number of nitro benzene ring substituents is 1. The number of hydrogen-bond donors (Lipinski definition) is 1. The van der Waals surface area contributed by atoms with Crippen LogP contribution in [0.1, 0.15) is 15.9 Å². The van der Waals surface area contributed by atoms with E-state index in [1.165, 1.54) is 30.5 Å². The fraction of sp³-hybridized carbons (Fsp3) is 0. The molecule has 0 radical (unpaired) electrons. The highest BCUT2D eigenvalue weighted by Gasteiger charge is 2.07. The maximum absolute atomic E-state index is 11.8. The second kappa shape index (κ2) is 6.62. The van der Waals surface area contributed by atoms with Gasteiger partial charge in [0, 0.05) is 12.1 Å². The molecule has 1 amide bonds. The first-order valence-electron chi connectivity index (χ1n) is 5.90. The van der Waals surface area contributed by atoms with Gasteiger partial charge in [-0.25, -0.2) is 5.43 Å². The highest BCUT2D eigenvalue weighted by Crippen LogP contribution is 2.14. The summed E-state index contributed by atoms with van der Waals surface area (Å²) >= 11 is 5.89. The van der Waals surface area contributed by atoms with Gasteiger partial charge < -0.3 is 0 Å². The lowest BCUT2D eigenvalue weighted by molar-refractivity contribution is -0.384. The summed E-state index contributed by atoms with van der Waals surface area (Å²) in [5, 5.41) is 14.6. The summed E-state index contributed by atoms with van der Waals surface area (Å²) < 4.78 is 0. The van der Waals surface area contributed by atoms with Gasteiger partial charge in [0.2, 0.25) is 0 Å². The van der Waals surface area contributed by atoms with E-state index in [2.05, 4.69) is 10.5 Å². The number of carbonyl (C=O) groups excluding carboxylic acids is 1. The van der Waals surface area contributed by atoms with Crippen LogP contribution >= 0.6 is 11.6 Å². The second-order valence-electron chi connectivity index (χ2n) is 4.03. The van der Waals surface area contributed by atoms with Crippen molar-refractivity contribution in [2.75, 3.05) is 0 Å². The molecule has 0 aliphatic rings. The summed E-state index contributed by atoms with van der Waals surface area (Å²) in [6.45, 7) is 0. The summed E-state index contributed by atoms with van der Waals surface area (Å²) in [6.07, 6.45) is 1.39. The van der Waals surface area contributed by atoms with Crippen molar-refractivity contribution in [2.45, 2.75) is 0 Å². The number of hydrogen-bond acceptors (Lipinski definition) is 4. The zero-order chi connectivity index (χ0) is 15.2. The first kappa shape index (κ1) is 14.7. The summed E-state index contributed by atoms with van der Waals surface area (Å²) in [5.41, 5.74) is 3.28. The largest absolute Gasteiger partial charge is 0.272 e. The fourth-order valence-corrected chi connectivity index (χ4v) is 1.77. The van der Waals surface area contributed by atoms with Crippen molar-refractivity contribution in [3.8, 4) is 0 Å². The van der Waals surface area contributed by atoms with Crippen molar-refractivity contribution in [1.82, 2.24) is 5.43 Å². The topological polar surface area (TPSA) is 84.6 Å². The molecule has 0 aliphatic heterocycles. The van der Waals surface area contributed by atoms with Crippen molar-refractivity contribution in [1.29, 1.82) is 0 Å². The molecule has 0 aromatic heterocycles. The molecule has 0 atom stereocenters. The minimum absolute atomic E-state index is 0.00717. The molecule has 0 saturated carbocycles. The number of nitrogens with one attached hydrogen (secondary N) is 1. The predicted molar refractivity (Wildman–Crippen MR) is 79.6 cm³/mol. The van der Waals surface area contributed by atoms with Gasteiger partial charge in [0.1, 0.15) is 0 Å². The van der Waals surface area contributed by atoms with Crippen LogP contribution in [0, 0.1) is 10.1 Å². The molecule has 0 heterocycles. The third-order valence-electron chi connectivity index (χ3n) is 2.60. The van der Waals surface area contributed by atoms with Crippen LogP contribution in [0.3, 0.4) is 0 Å². The van der Waals surface area contributed by atoms with Gasteiger partial charge in [-0.05, 0) is 29.8 Å². The molecule has 0 bridgehead atoms. The number of nitrogens with zero attached hydrogens (tertiary/aromatic N) is 2. The van der Waals surface area contributed by atoms with Crippen LogP contribution in [0.4, 0.5) is 5.69 Å². The Bertz CT molecular complexity index is 699. The highest BCUT2D eigenvalue weighted by atomic mass is 35.5. The van der Waals surface area contributed by atoms with Crippen molar-refractivity contribution >= 4 is 29.4 Å². The van der Waals surface area contributed by atoms with Crippen LogP contribution in [0.5, 0.6) is 0 Å². The van der Waals surface area contributed by atoms with E-state index in [-0.39, 0.29) is 5.69 Å². The molecule has 2 rings (SSSR count). The van der Waals surface area contributed by atoms with Gasteiger partial charge in [-0.1, -0.05) is 23.7 Å². The van der Waals surface area contributed by atoms with E-state index >= 15 is 0 Å². The van der Waals surface area contributed by atoms with Gasteiger partial charge >= 0.3 is 0 Å². The molecule has 0 unspecified atom stereocenters. The van der Waals surface area contributed by atoms with Gasteiger partial charge in [0.25, 0.3) is 11.6 Å². The average molecular weight is 304 g/mol. The van der Waals surface area contributed by atoms with Crippen LogP contribution < -0.4 is 5.43 Å². The van der Waals surface area contributed by atoms with Crippen LogP contribution in [0.2, 0.25) is 5.02 Å². The zero-order valence-corrected chi connectivity index (χ0v) is 11.4. The van der Waals surface area contributed by atoms with Gasteiger partial charge in [-0.3, -0.25) is 14.9 Å². The standard InChI is InChI=1S/C14H10ClN3O3/c15-13-4-2-1-3-12(13)14(19)17-16-9-10-5-7-11(8-6-10)18(20)21/h1-9H,(H,17,19)/b16-9+. The fourth-order valence-electron chi connectivity index (χ4n) is 1.55. The molecule has 1 N–H and O–H groups in total. The monoisotopic (exact) mass is 303 g/mol. The van der Waals surface area contributed by atoms with Gasteiger partial charge in [0.05, 0.1) is 21.7 Å². The van der Waals surface area contributed by atoms with Crippen molar-refractivity contribution in [3.05, 3.63) is 74.8 Å². The SMILES string of the molecule is O=C(N/N=C/c1ccc([N+](=O)[O-])cc1)c1ccccc1Cl. The van der Waals surface area contributed by atoms with Crippen LogP contribution in [0.25, 0.3) is 0 Å². The Kier molecular flexibility index (Phi) is 4.63. The van der Waals surface area contributed by atoms with Crippen molar-refractivity contribution in [3.63, 3.8) is 0 Å². The van der Waals surface area contributed by atoms with Gasteiger partial charge in [-0.15, -0.1) is 0 Å². The summed E-state index contributed by atoms with van der Waals surface area (Å²) in [4.78, 5) is 21.8. The van der Waals surface area contributed by atoms with Gasteiger partial charge in [0.15, 0.2) is 0 Å². The molecule has 2 aromatic rings. The molecule has 0 spiro atoms. The van der Waals surface area contributed by atoms with Crippen LogP contribution in [-0.4, -0.2) is 17.0 Å². The molecule has 7 heteroatoms. The van der Waals surface area contributed by atoms with Gasteiger partial charge in [-0.2, -0.15) is 5.10 Å². The van der Waals surface area contributed by atoms with Crippen molar-refractivity contribution < 1.29 is 9.72 Å². The maximum Gasteiger partial charge on any atom is 0.272 e. The predicted octanol–water partition coefficient (Wildman–Crippen LogP) is 3.01. The third kappa shape index (κ3) is 3.87. The zero-order valence-electron chi connectivity index (χ0n) is 10.7. The number of carbonyl (C=O) groups is 1. The molecular weight excluding hydrogens is 294 g/mol. The Morgan fingerprint density at radius 3 is 2.48 bits per heavy atom. The maximum atomic E-state index is 11.8. The van der Waals surface area contributed by atoms with E-state index in [0.717, 1.165) is 0 Å². The minimum atomic E-state index is -0.486. The third-order valence-corrected chi connectivity index (χ3v) is 2.93. The summed E-state index contributed by atoms with van der Waals surface area (Å²) in [6, 6.07) is 12.4. The number of benzene rings is 2. The molecule has 6 nitrogen and oxygen atoms in total. The molecule has 2 aromatic carbocycles. The van der Waals surface area contributed by atoms with E-state index in [1.54, 1.807) is 24.3 Å². The number of nitro groups is 1. The Morgan fingerprint density at radius 2 is 1.86 bits per heavy atom. The first-order chi connectivity index (χ1) is 10.1. The molecular formula is C14H10ClN3O3. The lowest BCUT2D eigenvalue weighted by atomic mass is 10.2. The number of halogens is 1. The Hall–Kier alpha value is -2.73. The lowest BCUT2D eigenvalue weighted by Crippen LogP contribution is -2.17. The number of rotatable bonds is 4. The Morgan fingerprint density at radius 1 is 1.19 bits per heavy atom. The summed E-state index contributed by atoms with van der Waals surface area (Å²) in [7, 11) is 0. The van der Waals surface area contributed by atoms with E-state index in [1.807, 2.05) is 0 Å². The highest BCUT2D eigenvalue weighted by molar-refractivity contribution is 6.33. The minimum Gasteiger partial charge on any atom is -0.267 e. The number of hydrazone groups is 1. The van der Waals surface area contributed by atoms with Crippen LogP contribution in [0.15, 0.2) is 53.6 Å². The molecule has 0 fully saturated rings. The van der Waals surface area contributed by atoms with Crippen LogP contribution in [-0.2, 0) is 0 Å². The average Bonchev–Trinajstić information content (AvgIpc) is 2.48. The van der Waals surface area contributed by atoms with E-state index in [9.17, 15) is 14.9 Å². The Labute approximate surface area is 125 Å². The number of non-ortho nitro benzene ring substituents is 1.